The summed E-state index contributed by atoms with van der Waals surface area (Å²) in [6.45, 7) is 2.06. The number of carbonyl (C=O) groups is 1. The molecule has 1 aliphatic heterocycles. The molecule has 4 heteroatoms. The van der Waals surface area contributed by atoms with Crippen LogP contribution in [-0.2, 0) is 17.6 Å². The second-order valence-electron chi connectivity index (χ2n) is 6.76. The lowest BCUT2D eigenvalue weighted by Crippen LogP contribution is -2.25. The van der Waals surface area contributed by atoms with Crippen LogP contribution in [0, 0.1) is 5.82 Å². The van der Waals surface area contributed by atoms with Gasteiger partial charge in [-0.15, -0.1) is 0 Å². The molecule has 1 fully saturated rings. The van der Waals surface area contributed by atoms with E-state index in [1.165, 1.54) is 30.2 Å². The van der Waals surface area contributed by atoms with Crippen molar-refractivity contribution >= 4 is 5.97 Å². The quantitative estimate of drug-likeness (QED) is 0.751. The minimum absolute atomic E-state index is 0.189. The topological polar surface area (TPSA) is 40.5 Å². The van der Waals surface area contributed by atoms with Gasteiger partial charge in [0, 0.05) is 18.7 Å². The van der Waals surface area contributed by atoms with E-state index in [0.29, 0.717) is 12.5 Å². The van der Waals surface area contributed by atoms with Crippen molar-refractivity contribution in [3.63, 3.8) is 0 Å². The molecular weight excluding hydrogens is 329 g/mol. The fourth-order valence-electron chi connectivity index (χ4n) is 3.57. The minimum Gasteiger partial charge on any atom is -0.478 e. The number of nitrogens with zero attached hydrogens (tertiary/aromatic N) is 1. The summed E-state index contributed by atoms with van der Waals surface area (Å²) < 4.78 is 13.0. The molecule has 0 bridgehead atoms. The Hall–Kier alpha value is -2.46. The number of halogens is 1. The third-order valence-electron chi connectivity index (χ3n) is 4.94. The molecule has 1 atom stereocenters. The van der Waals surface area contributed by atoms with E-state index < -0.39 is 5.97 Å². The van der Waals surface area contributed by atoms with Crippen LogP contribution < -0.4 is 0 Å². The summed E-state index contributed by atoms with van der Waals surface area (Å²) in [6.07, 6.45) is 6.75. The Bertz CT molecular complexity index is 753. The van der Waals surface area contributed by atoms with Gasteiger partial charge in [0.1, 0.15) is 5.82 Å². The maximum atomic E-state index is 13.0. The molecule has 1 saturated heterocycles. The van der Waals surface area contributed by atoms with Crippen molar-refractivity contribution < 1.29 is 14.3 Å². The van der Waals surface area contributed by atoms with Crippen molar-refractivity contribution in [1.82, 2.24) is 4.90 Å². The SMILES string of the molecule is O=C(O)/C=C/Cc1ccc([C@@H]2CCCN2CCc2ccc(F)cc2)cc1. The van der Waals surface area contributed by atoms with E-state index >= 15 is 0 Å². The average molecular weight is 353 g/mol. The zero-order chi connectivity index (χ0) is 18.4. The van der Waals surface area contributed by atoms with E-state index in [2.05, 4.69) is 29.2 Å². The predicted molar refractivity (Wildman–Crippen MR) is 101 cm³/mol. The van der Waals surface area contributed by atoms with Crippen LogP contribution in [0.1, 0.15) is 35.6 Å². The Morgan fingerprint density at radius 1 is 1.12 bits per heavy atom. The molecule has 2 aromatic carbocycles. The van der Waals surface area contributed by atoms with Crippen LogP contribution in [0.5, 0.6) is 0 Å². The standard InChI is InChI=1S/C22H24FNO2/c23-20-12-8-18(9-13-20)14-16-24-15-2-4-21(24)19-10-6-17(7-11-19)3-1-5-22(25)26/h1,5-13,21H,2-4,14-16H2,(H,25,26)/b5-1+/t21-/m0/s1. The maximum absolute atomic E-state index is 13.0. The van der Waals surface area contributed by atoms with Gasteiger partial charge in [0.15, 0.2) is 0 Å². The normalized spacial score (nSPS) is 17.8. The third kappa shape index (κ3) is 5.02. The Morgan fingerprint density at radius 2 is 1.81 bits per heavy atom. The molecular formula is C22H24FNO2. The fourth-order valence-corrected chi connectivity index (χ4v) is 3.57. The van der Waals surface area contributed by atoms with Gasteiger partial charge in [0.2, 0.25) is 0 Å². The van der Waals surface area contributed by atoms with Gasteiger partial charge >= 0.3 is 5.97 Å². The molecule has 0 saturated carbocycles. The molecule has 0 aliphatic carbocycles. The lowest BCUT2D eigenvalue weighted by Gasteiger charge is -2.25. The number of benzene rings is 2. The van der Waals surface area contributed by atoms with E-state index in [-0.39, 0.29) is 5.82 Å². The summed E-state index contributed by atoms with van der Waals surface area (Å²) in [7, 11) is 0. The van der Waals surface area contributed by atoms with Gasteiger partial charge in [-0.05, 0) is 61.1 Å². The lowest BCUT2D eigenvalue weighted by atomic mass is 10.0. The van der Waals surface area contributed by atoms with Crippen LogP contribution in [-0.4, -0.2) is 29.1 Å². The van der Waals surface area contributed by atoms with E-state index in [1.54, 1.807) is 6.08 Å². The van der Waals surface area contributed by atoms with E-state index in [4.69, 9.17) is 5.11 Å². The first-order valence-corrected chi connectivity index (χ1v) is 9.08. The molecule has 136 valence electrons. The van der Waals surface area contributed by atoms with E-state index in [9.17, 15) is 9.18 Å². The highest BCUT2D eigenvalue weighted by atomic mass is 19.1. The van der Waals surface area contributed by atoms with Crippen LogP contribution >= 0.6 is 0 Å². The second kappa shape index (κ2) is 8.77. The zero-order valence-corrected chi connectivity index (χ0v) is 14.8. The van der Waals surface area contributed by atoms with Gasteiger partial charge in [0.05, 0.1) is 0 Å². The van der Waals surface area contributed by atoms with E-state index in [0.717, 1.165) is 37.1 Å². The molecule has 3 rings (SSSR count). The molecule has 1 N–H and O–H groups in total. The highest BCUT2D eigenvalue weighted by molar-refractivity contribution is 5.79. The predicted octanol–water partition coefficient (Wildman–Crippen LogP) is 4.39. The highest BCUT2D eigenvalue weighted by Gasteiger charge is 2.25. The van der Waals surface area contributed by atoms with Crippen LogP contribution in [0.4, 0.5) is 4.39 Å². The third-order valence-corrected chi connectivity index (χ3v) is 4.94. The Morgan fingerprint density at radius 3 is 2.50 bits per heavy atom. The van der Waals surface area contributed by atoms with Crippen molar-refractivity contribution in [1.29, 1.82) is 0 Å². The molecule has 0 aromatic heterocycles. The first-order valence-electron chi connectivity index (χ1n) is 9.08. The molecule has 26 heavy (non-hydrogen) atoms. The number of allylic oxidation sites excluding steroid dienone is 1. The number of rotatable bonds is 7. The zero-order valence-electron chi connectivity index (χ0n) is 14.8. The second-order valence-corrected chi connectivity index (χ2v) is 6.76. The van der Waals surface area contributed by atoms with Crippen LogP contribution in [0.25, 0.3) is 0 Å². The van der Waals surface area contributed by atoms with Gasteiger partial charge in [0.25, 0.3) is 0 Å². The molecule has 1 heterocycles. The molecule has 1 aliphatic rings. The Balaban J connectivity index is 1.58. The van der Waals surface area contributed by atoms with Gasteiger partial charge in [-0.25, -0.2) is 9.18 Å². The number of hydrogen-bond donors (Lipinski definition) is 1. The van der Waals surface area contributed by atoms with E-state index in [1.807, 2.05) is 12.1 Å². The van der Waals surface area contributed by atoms with Crippen molar-refractivity contribution in [3.05, 3.63) is 83.2 Å². The number of likely N-dealkylation sites (tertiary alicyclic amines) is 1. The average Bonchev–Trinajstić information content (AvgIpc) is 3.10. The lowest BCUT2D eigenvalue weighted by molar-refractivity contribution is -0.131. The molecule has 0 unspecified atom stereocenters. The summed E-state index contributed by atoms with van der Waals surface area (Å²) in [6, 6.07) is 15.7. The summed E-state index contributed by atoms with van der Waals surface area (Å²) in [5.74, 6) is -1.10. The smallest absolute Gasteiger partial charge is 0.327 e. The summed E-state index contributed by atoms with van der Waals surface area (Å²) in [5.41, 5.74) is 3.59. The largest absolute Gasteiger partial charge is 0.478 e. The molecule has 0 radical (unpaired) electrons. The van der Waals surface area contributed by atoms with Crippen LogP contribution in [0.3, 0.4) is 0 Å². The fraction of sp³-hybridized carbons (Fsp3) is 0.318. The number of hydrogen-bond acceptors (Lipinski definition) is 2. The number of carboxylic acids is 1. The molecule has 2 aromatic rings. The number of aliphatic carboxylic acids is 1. The van der Waals surface area contributed by atoms with Crippen LogP contribution in [0.2, 0.25) is 0 Å². The van der Waals surface area contributed by atoms with Gasteiger partial charge < -0.3 is 5.11 Å². The minimum atomic E-state index is -0.913. The van der Waals surface area contributed by atoms with Gasteiger partial charge in [-0.2, -0.15) is 0 Å². The van der Waals surface area contributed by atoms with Crippen molar-refractivity contribution in [2.45, 2.75) is 31.7 Å². The Labute approximate surface area is 153 Å². The van der Waals surface area contributed by atoms with Crippen molar-refractivity contribution in [2.24, 2.45) is 0 Å². The van der Waals surface area contributed by atoms with Gasteiger partial charge in [-0.3, -0.25) is 4.90 Å². The highest BCUT2D eigenvalue weighted by Crippen LogP contribution is 2.32. The molecule has 0 amide bonds. The first-order chi connectivity index (χ1) is 12.6. The Kier molecular flexibility index (Phi) is 6.18. The first kappa shape index (κ1) is 18.3. The summed E-state index contributed by atoms with van der Waals surface area (Å²) in [4.78, 5) is 13.0. The number of carboxylic acid groups (broad SMARTS) is 1. The van der Waals surface area contributed by atoms with Gasteiger partial charge in [-0.1, -0.05) is 42.5 Å². The molecule has 0 spiro atoms. The summed E-state index contributed by atoms with van der Waals surface area (Å²) in [5, 5.41) is 8.64. The van der Waals surface area contributed by atoms with Crippen molar-refractivity contribution in [3.8, 4) is 0 Å². The van der Waals surface area contributed by atoms with Crippen LogP contribution in [0.15, 0.2) is 60.7 Å². The molecule has 3 nitrogen and oxygen atoms in total. The van der Waals surface area contributed by atoms with Crippen molar-refractivity contribution in [2.75, 3.05) is 13.1 Å². The summed E-state index contributed by atoms with van der Waals surface area (Å²) >= 11 is 0. The monoisotopic (exact) mass is 353 g/mol. The maximum Gasteiger partial charge on any atom is 0.327 e.